The van der Waals surface area contributed by atoms with Crippen molar-refractivity contribution in [1.29, 1.82) is 0 Å². The molecule has 0 atom stereocenters. The van der Waals surface area contributed by atoms with E-state index in [1.54, 1.807) is 14.2 Å². The number of hydrogen-bond donors (Lipinski definition) is 1. The van der Waals surface area contributed by atoms with Crippen molar-refractivity contribution in [2.45, 2.75) is 24.9 Å². The third-order valence-electron chi connectivity index (χ3n) is 6.03. The molecule has 0 unspecified atom stereocenters. The van der Waals surface area contributed by atoms with Gasteiger partial charge in [-0.3, -0.25) is 14.6 Å². The minimum atomic E-state index is -0.730. The number of aryl methyl sites for hydroxylation is 1. The third-order valence-corrected chi connectivity index (χ3v) is 6.03. The third kappa shape index (κ3) is 2.79. The number of aromatic nitrogens is 1. The van der Waals surface area contributed by atoms with Gasteiger partial charge in [-0.25, -0.2) is 4.79 Å². The van der Waals surface area contributed by atoms with Crippen LogP contribution in [0.4, 0.5) is 4.79 Å². The lowest BCUT2D eigenvalue weighted by Crippen LogP contribution is -2.54. The van der Waals surface area contributed by atoms with Crippen molar-refractivity contribution in [3.63, 3.8) is 0 Å². The minimum Gasteiger partial charge on any atom is -0.497 e. The van der Waals surface area contributed by atoms with E-state index in [1.807, 2.05) is 19.2 Å². The summed E-state index contributed by atoms with van der Waals surface area (Å²) >= 11 is 0. The number of nitrogens with zero attached hydrogens (tertiary/aromatic N) is 3. The molecule has 0 bridgehead atoms. The summed E-state index contributed by atoms with van der Waals surface area (Å²) in [5.41, 5.74) is 1.50. The molecule has 150 valence electrons. The Balaban J connectivity index is 1.56. The average molecular weight is 386 g/mol. The molecule has 8 nitrogen and oxygen atoms in total. The molecule has 1 aromatic heterocycles. The number of carbonyl (C=O) groups excluding carboxylic acids is 2. The molecule has 1 spiro atoms. The number of fused-ring (bicyclic) bond motifs is 1. The van der Waals surface area contributed by atoms with Gasteiger partial charge in [0.25, 0.3) is 5.91 Å². The van der Waals surface area contributed by atoms with E-state index >= 15 is 0 Å². The summed E-state index contributed by atoms with van der Waals surface area (Å²) in [5.74, 6) is 1.44. The molecule has 8 heteroatoms. The number of rotatable bonds is 4. The number of methoxy groups -OCH3 is 2. The highest BCUT2D eigenvalue weighted by Crippen LogP contribution is 2.36. The lowest BCUT2D eigenvalue weighted by Gasteiger charge is -2.37. The number of likely N-dealkylation sites (tertiary alicyclic amines) is 1. The van der Waals surface area contributed by atoms with E-state index in [9.17, 15) is 9.59 Å². The Morgan fingerprint density at radius 3 is 2.39 bits per heavy atom. The van der Waals surface area contributed by atoms with Gasteiger partial charge in [0.2, 0.25) is 0 Å². The molecular weight excluding hydrogens is 360 g/mol. The molecule has 28 heavy (non-hydrogen) atoms. The topological polar surface area (TPSA) is 76.0 Å². The Kier molecular flexibility index (Phi) is 4.45. The van der Waals surface area contributed by atoms with E-state index < -0.39 is 5.54 Å². The first-order chi connectivity index (χ1) is 13.4. The Hall–Kier alpha value is -2.74. The zero-order valence-electron chi connectivity index (χ0n) is 16.7. The van der Waals surface area contributed by atoms with Crippen LogP contribution in [-0.2, 0) is 18.4 Å². The Morgan fingerprint density at radius 2 is 1.82 bits per heavy atom. The molecule has 0 saturated carbocycles. The molecule has 4 rings (SSSR count). The van der Waals surface area contributed by atoms with E-state index in [0.29, 0.717) is 12.8 Å². The lowest BCUT2D eigenvalue weighted by atomic mass is 9.87. The lowest BCUT2D eigenvalue weighted by molar-refractivity contribution is -0.132. The predicted molar refractivity (Wildman–Crippen MR) is 105 cm³/mol. The van der Waals surface area contributed by atoms with Crippen molar-refractivity contribution < 1.29 is 19.1 Å². The van der Waals surface area contributed by atoms with Crippen LogP contribution in [0.3, 0.4) is 0 Å². The zero-order chi connectivity index (χ0) is 20.1. The van der Waals surface area contributed by atoms with Crippen molar-refractivity contribution >= 4 is 22.8 Å². The molecule has 3 heterocycles. The molecule has 3 amide bonds. The number of imide groups is 1. The summed E-state index contributed by atoms with van der Waals surface area (Å²) in [5, 5.41) is 3.97. The van der Waals surface area contributed by atoms with Crippen LogP contribution in [0.1, 0.15) is 18.4 Å². The van der Waals surface area contributed by atoms with Crippen molar-refractivity contribution in [3.8, 4) is 11.5 Å². The number of benzene rings is 1. The second-order valence-electron chi connectivity index (χ2n) is 7.64. The molecule has 2 aliphatic rings. The monoisotopic (exact) mass is 386 g/mol. The summed E-state index contributed by atoms with van der Waals surface area (Å²) in [6.07, 6.45) is 3.36. The molecule has 0 aliphatic carbocycles. The van der Waals surface area contributed by atoms with Crippen LogP contribution in [0.25, 0.3) is 10.9 Å². The maximum Gasteiger partial charge on any atom is 0.324 e. The van der Waals surface area contributed by atoms with Gasteiger partial charge < -0.3 is 19.4 Å². The summed E-state index contributed by atoms with van der Waals surface area (Å²) in [4.78, 5) is 27.8. The van der Waals surface area contributed by atoms with Crippen LogP contribution in [0.2, 0.25) is 0 Å². The average Bonchev–Trinajstić information content (AvgIpc) is 3.12. The Morgan fingerprint density at radius 1 is 1.11 bits per heavy atom. The maximum atomic E-state index is 12.5. The summed E-state index contributed by atoms with van der Waals surface area (Å²) in [6, 6.07) is 3.61. The number of amides is 3. The van der Waals surface area contributed by atoms with Crippen LogP contribution in [0.15, 0.2) is 18.3 Å². The summed E-state index contributed by atoms with van der Waals surface area (Å²) < 4.78 is 13.1. The van der Waals surface area contributed by atoms with E-state index in [4.69, 9.17) is 9.47 Å². The van der Waals surface area contributed by atoms with Gasteiger partial charge in [-0.2, -0.15) is 0 Å². The van der Waals surface area contributed by atoms with Crippen LogP contribution in [0, 0.1) is 0 Å². The minimum absolute atomic E-state index is 0.115. The quantitative estimate of drug-likeness (QED) is 0.810. The van der Waals surface area contributed by atoms with Crippen LogP contribution in [-0.4, -0.2) is 66.2 Å². The SMILES string of the molecule is COc1cc(OC)c2c(CN3CCC4(CC3)NC(=O)N(C)C4=O)cn(C)c2c1. The number of ether oxygens (including phenoxy) is 2. The van der Waals surface area contributed by atoms with Crippen LogP contribution < -0.4 is 14.8 Å². The van der Waals surface area contributed by atoms with Gasteiger partial charge in [-0.1, -0.05) is 0 Å². The van der Waals surface area contributed by atoms with E-state index in [0.717, 1.165) is 42.0 Å². The number of carbonyl (C=O) groups is 2. The van der Waals surface area contributed by atoms with Crippen LogP contribution in [0.5, 0.6) is 11.5 Å². The number of nitrogens with one attached hydrogen (secondary N) is 1. The van der Waals surface area contributed by atoms with Gasteiger partial charge in [0, 0.05) is 57.4 Å². The molecular formula is C20H26N4O4. The second kappa shape index (κ2) is 6.70. The number of piperidine rings is 1. The van der Waals surface area contributed by atoms with Crippen LogP contribution >= 0.6 is 0 Å². The maximum absolute atomic E-state index is 12.5. The molecule has 1 aromatic carbocycles. The fourth-order valence-electron chi connectivity index (χ4n) is 4.37. The molecule has 2 saturated heterocycles. The highest BCUT2D eigenvalue weighted by Gasteiger charge is 2.50. The normalized spacial score (nSPS) is 19.5. The summed E-state index contributed by atoms with van der Waals surface area (Å²) in [6.45, 7) is 2.25. The number of hydrogen-bond acceptors (Lipinski definition) is 5. The summed E-state index contributed by atoms with van der Waals surface area (Å²) in [7, 11) is 6.86. The van der Waals surface area contributed by atoms with E-state index in [2.05, 4.69) is 21.0 Å². The molecule has 0 radical (unpaired) electrons. The first-order valence-corrected chi connectivity index (χ1v) is 9.41. The largest absolute Gasteiger partial charge is 0.497 e. The first-order valence-electron chi connectivity index (χ1n) is 9.41. The van der Waals surface area contributed by atoms with Gasteiger partial charge in [-0.15, -0.1) is 0 Å². The fraction of sp³-hybridized carbons (Fsp3) is 0.500. The van der Waals surface area contributed by atoms with E-state index in [-0.39, 0.29) is 11.9 Å². The highest BCUT2D eigenvalue weighted by atomic mass is 16.5. The first kappa shape index (κ1) is 18.6. The van der Waals surface area contributed by atoms with Gasteiger partial charge >= 0.3 is 6.03 Å². The fourth-order valence-corrected chi connectivity index (χ4v) is 4.37. The van der Waals surface area contributed by atoms with Crippen molar-refractivity contribution in [3.05, 3.63) is 23.9 Å². The van der Waals surface area contributed by atoms with Gasteiger partial charge in [0.05, 0.1) is 19.7 Å². The van der Waals surface area contributed by atoms with Gasteiger partial charge in [0.15, 0.2) is 0 Å². The molecule has 2 aliphatic heterocycles. The van der Waals surface area contributed by atoms with Gasteiger partial charge in [0.1, 0.15) is 17.0 Å². The number of likely N-dealkylation sites (N-methyl/N-ethyl adjacent to an activating group) is 1. The van der Waals surface area contributed by atoms with Crippen molar-refractivity contribution in [1.82, 2.24) is 19.7 Å². The smallest absolute Gasteiger partial charge is 0.324 e. The zero-order valence-corrected chi connectivity index (χ0v) is 16.7. The van der Waals surface area contributed by atoms with Crippen molar-refractivity contribution in [2.75, 3.05) is 34.4 Å². The standard InChI is InChI=1S/C20H26N4O4/c1-22-11-13(17-15(22)9-14(27-3)10-16(17)28-4)12-24-7-5-20(6-8-24)18(25)23(2)19(26)21-20/h9-11H,5-8,12H2,1-4H3,(H,21,26). The second-order valence-corrected chi connectivity index (χ2v) is 7.64. The highest BCUT2D eigenvalue weighted by molar-refractivity contribution is 6.06. The van der Waals surface area contributed by atoms with E-state index in [1.165, 1.54) is 17.5 Å². The Bertz CT molecular complexity index is 943. The Labute approximate surface area is 164 Å². The van der Waals surface area contributed by atoms with Gasteiger partial charge in [-0.05, 0) is 18.4 Å². The molecule has 2 aromatic rings. The molecule has 2 fully saturated rings. The predicted octanol–water partition coefficient (Wildman–Crippen LogP) is 1.71. The van der Waals surface area contributed by atoms with Crippen molar-refractivity contribution in [2.24, 2.45) is 7.05 Å². The molecule has 1 N–H and O–H groups in total. The number of urea groups is 1.